The van der Waals surface area contributed by atoms with E-state index in [-0.39, 0.29) is 0 Å². The Kier molecular flexibility index (Phi) is 3.81. The van der Waals surface area contributed by atoms with E-state index in [9.17, 15) is 5.11 Å². The Labute approximate surface area is 117 Å². The highest BCUT2D eigenvalue weighted by atomic mass is 16.3. The lowest BCUT2D eigenvalue weighted by atomic mass is 9.63. The van der Waals surface area contributed by atoms with Crippen LogP contribution in [0.4, 0.5) is 0 Å². The number of rotatable bonds is 2. The topological polar surface area (TPSA) is 20.2 Å². The van der Waals surface area contributed by atoms with Gasteiger partial charge in [-0.15, -0.1) is 0 Å². The molecule has 0 radical (unpaired) electrons. The molecule has 19 heavy (non-hydrogen) atoms. The second-order valence-electron chi connectivity index (χ2n) is 6.71. The van der Waals surface area contributed by atoms with Crippen molar-refractivity contribution in [2.45, 2.75) is 57.8 Å². The van der Waals surface area contributed by atoms with Gasteiger partial charge in [0.2, 0.25) is 0 Å². The van der Waals surface area contributed by atoms with Gasteiger partial charge in [-0.3, -0.25) is 0 Å². The lowest BCUT2D eigenvalue weighted by molar-refractivity contribution is 0.116. The zero-order valence-electron chi connectivity index (χ0n) is 12.0. The second-order valence-corrected chi connectivity index (χ2v) is 6.71. The normalized spacial score (nSPS) is 34.8. The summed E-state index contributed by atoms with van der Waals surface area (Å²) in [6.45, 7) is 2.35. The van der Waals surface area contributed by atoms with Crippen molar-refractivity contribution in [1.82, 2.24) is 0 Å². The molecule has 1 aromatic rings. The number of benzene rings is 1. The van der Waals surface area contributed by atoms with E-state index in [4.69, 9.17) is 0 Å². The summed E-state index contributed by atoms with van der Waals surface area (Å²) in [7, 11) is 0. The van der Waals surface area contributed by atoms with Gasteiger partial charge in [0.1, 0.15) is 5.75 Å². The molecule has 2 aliphatic carbocycles. The van der Waals surface area contributed by atoms with Crippen molar-refractivity contribution >= 4 is 0 Å². The Hall–Kier alpha value is -0.980. The highest BCUT2D eigenvalue weighted by molar-refractivity contribution is 5.28. The second kappa shape index (κ2) is 5.56. The quantitative estimate of drug-likeness (QED) is 0.782. The summed E-state index contributed by atoms with van der Waals surface area (Å²) in [6, 6.07) is 7.93. The number of phenolic OH excluding ortho intramolecular Hbond substituents is 1. The molecule has 0 aliphatic heterocycles. The van der Waals surface area contributed by atoms with Crippen molar-refractivity contribution in [3.63, 3.8) is 0 Å². The van der Waals surface area contributed by atoms with Gasteiger partial charge in [0.15, 0.2) is 0 Å². The van der Waals surface area contributed by atoms with Gasteiger partial charge in [0, 0.05) is 0 Å². The SMILES string of the molecule is CCC1CCC2CC(c3ccc(O)cc3)CCC2C1. The molecule has 1 aromatic carbocycles. The van der Waals surface area contributed by atoms with E-state index in [1.807, 2.05) is 12.1 Å². The average Bonchev–Trinajstić information content (AvgIpc) is 2.47. The summed E-state index contributed by atoms with van der Waals surface area (Å²) >= 11 is 0. The Morgan fingerprint density at radius 1 is 0.947 bits per heavy atom. The summed E-state index contributed by atoms with van der Waals surface area (Å²) in [4.78, 5) is 0. The summed E-state index contributed by atoms with van der Waals surface area (Å²) < 4.78 is 0. The number of hydrogen-bond donors (Lipinski definition) is 1. The smallest absolute Gasteiger partial charge is 0.115 e. The molecule has 0 aromatic heterocycles. The first-order valence-corrected chi connectivity index (χ1v) is 8.05. The molecule has 2 aliphatic rings. The van der Waals surface area contributed by atoms with Crippen LogP contribution >= 0.6 is 0 Å². The number of aromatic hydroxyl groups is 1. The molecule has 2 saturated carbocycles. The molecule has 0 heterocycles. The Morgan fingerprint density at radius 2 is 1.63 bits per heavy atom. The number of phenols is 1. The molecule has 0 amide bonds. The van der Waals surface area contributed by atoms with Crippen molar-refractivity contribution in [3.05, 3.63) is 29.8 Å². The summed E-state index contributed by atoms with van der Waals surface area (Å²) in [6.07, 6.45) is 9.94. The Morgan fingerprint density at radius 3 is 2.37 bits per heavy atom. The summed E-state index contributed by atoms with van der Waals surface area (Å²) in [5.74, 6) is 4.11. The predicted molar refractivity (Wildman–Crippen MR) is 79.3 cm³/mol. The van der Waals surface area contributed by atoms with Crippen molar-refractivity contribution in [2.24, 2.45) is 17.8 Å². The zero-order valence-corrected chi connectivity index (χ0v) is 12.0. The largest absolute Gasteiger partial charge is 0.508 e. The van der Waals surface area contributed by atoms with Crippen LogP contribution in [0.25, 0.3) is 0 Å². The maximum absolute atomic E-state index is 9.40. The molecule has 1 N–H and O–H groups in total. The number of hydrogen-bond acceptors (Lipinski definition) is 1. The third-order valence-corrected chi connectivity index (χ3v) is 5.66. The minimum Gasteiger partial charge on any atom is -0.508 e. The third kappa shape index (κ3) is 2.80. The predicted octanol–water partition coefficient (Wildman–Crippen LogP) is 5.10. The lowest BCUT2D eigenvalue weighted by Gasteiger charge is -2.42. The van der Waals surface area contributed by atoms with E-state index < -0.39 is 0 Å². The van der Waals surface area contributed by atoms with Crippen LogP contribution in [0.1, 0.15) is 63.4 Å². The molecule has 104 valence electrons. The van der Waals surface area contributed by atoms with Crippen LogP contribution in [0.15, 0.2) is 24.3 Å². The summed E-state index contributed by atoms with van der Waals surface area (Å²) in [5.41, 5.74) is 1.44. The van der Waals surface area contributed by atoms with Gasteiger partial charge in [-0.1, -0.05) is 31.9 Å². The van der Waals surface area contributed by atoms with Crippen LogP contribution < -0.4 is 0 Å². The molecule has 2 fully saturated rings. The molecule has 3 rings (SSSR count). The van der Waals surface area contributed by atoms with Crippen LogP contribution in [0.3, 0.4) is 0 Å². The van der Waals surface area contributed by atoms with Crippen molar-refractivity contribution < 1.29 is 5.11 Å². The monoisotopic (exact) mass is 258 g/mol. The van der Waals surface area contributed by atoms with E-state index in [2.05, 4.69) is 19.1 Å². The van der Waals surface area contributed by atoms with E-state index >= 15 is 0 Å². The van der Waals surface area contributed by atoms with Gasteiger partial charge < -0.3 is 5.11 Å². The first-order valence-electron chi connectivity index (χ1n) is 8.05. The Balaban J connectivity index is 1.65. The van der Waals surface area contributed by atoms with Gasteiger partial charge in [-0.25, -0.2) is 0 Å². The first kappa shape index (κ1) is 13.0. The standard InChI is InChI=1S/C18H26O/c1-2-13-3-4-17-12-16(6-5-15(17)11-13)14-7-9-18(19)10-8-14/h7-10,13,15-17,19H,2-6,11-12H2,1H3. The highest BCUT2D eigenvalue weighted by Gasteiger charge is 2.35. The highest BCUT2D eigenvalue weighted by Crippen LogP contribution is 2.48. The maximum atomic E-state index is 9.40. The van der Waals surface area contributed by atoms with E-state index in [1.165, 1.54) is 50.5 Å². The van der Waals surface area contributed by atoms with E-state index in [0.717, 1.165) is 23.7 Å². The summed E-state index contributed by atoms with van der Waals surface area (Å²) in [5, 5.41) is 9.40. The maximum Gasteiger partial charge on any atom is 0.115 e. The van der Waals surface area contributed by atoms with Gasteiger partial charge in [-0.2, -0.15) is 0 Å². The molecule has 4 unspecified atom stereocenters. The minimum absolute atomic E-state index is 0.390. The van der Waals surface area contributed by atoms with E-state index in [0.29, 0.717) is 5.75 Å². The van der Waals surface area contributed by atoms with Gasteiger partial charge in [0.25, 0.3) is 0 Å². The average molecular weight is 258 g/mol. The van der Waals surface area contributed by atoms with Crippen molar-refractivity contribution in [2.75, 3.05) is 0 Å². The van der Waals surface area contributed by atoms with Gasteiger partial charge >= 0.3 is 0 Å². The fourth-order valence-electron chi connectivity index (χ4n) is 4.41. The zero-order chi connectivity index (χ0) is 13.2. The molecular weight excluding hydrogens is 232 g/mol. The molecule has 1 nitrogen and oxygen atoms in total. The van der Waals surface area contributed by atoms with E-state index in [1.54, 1.807) is 0 Å². The third-order valence-electron chi connectivity index (χ3n) is 5.66. The molecule has 0 bridgehead atoms. The molecule has 0 spiro atoms. The molecular formula is C18H26O. The van der Waals surface area contributed by atoms with Gasteiger partial charge in [-0.05, 0) is 73.5 Å². The van der Waals surface area contributed by atoms with Crippen LogP contribution in [-0.4, -0.2) is 5.11 Å². The van der Waals surface area contributed by atoms with Crippen molar-refractivity contribution in [3.8, 4) is 5.75 Å². The molecule has 0 saturated heterocycles. The lowest BCUT2D eigenvalue weighted by Crippen LogP contribution is -2.30. The van der Waals surface area contributed by atoms with Crippen LogP contribution in [0.2, 0.25) is 0 Å². The van der Waals surface area contributed by atoms with Crippen LogP contribution in [0, 0.1) is 17.8 Å². The van der Waals surface area contributed by atoms with Crippen molar-refractivity contribution in [1.29, 1.82) is 0 Å². The van der Waals surface area contributed by atoms with Crippen LogP contribution in [-0.2, 0) is 0 Å². The van der Waals surface area contributed by atoms with Crippen LogP contribution in [0.5, 0.6) is 5.75 Å². The minimum atomic E-state index is 0.390. The Bertz CT molecular complexity index is 408. The number of fused-ring (bicyclic) bond motifs is 1. The fraction of sp³-hybridized carbons (Fsp3) is 0.667. The fourth-order valence-corrected chi connectivity index (χ4v) is 4.41. The first-order chi connectivity index (χ1) is 9.26. The van der Waals surface area contributed by atoms with Gasteiger partial charge in [0.05, 0.1) is 0 Å². The molecule has 4 atom stereocenters. The molecule has 1 heteroatoms.